The van der Waals surface area contributed by atoms with Gasteiger partial charge < -0.3 is 21.5 Å². The van der Waals surface area contributed by atoms with Crippen LogP contribution in [-0.2, 0) is 11.2 Å². The average molecular weight is 626 g/mol. The summed E-state index contributed by atoms with van der Waals surface area (Å²) < 4.78 is 4.31. The molecule has 3 amide bonds. The Bertz CT molecular complexity index is 1650. The van der Waals surface area contributed by atoms with Gasteiger partial charge in [0.2, 0.25) is 5.91 Å². The molecule has 0 aliphatic heterocycles. The maximum Gasteiger partial charge on any atom is 0.273 e. The van der Waals surface area contributed by atoms with Gasteiger partial charge in [-0.2, -0.15) is 4.37 Å². The molecule has 9 nitrogen and oxygen atoms in total. The van der Waals surface area contributed by atoms with Crippen molar-refractivity contribution in [1.29, 1.82) is 0 Å². The van der Waals surface area contributed by atoms with Crippen molar-refractivity contribution in [3.63, 3.8) is 0 Å². The molecule has 0 bridgehead atoms. The Morgan fingerprint density at radius 3 is 2.40 bits per heavy atom. The van der Waals surface area contributed by atoms with Crippen LogP contribution >= 0.6 is 11.5 Å². The van der Waals surface area contributed by atoms with E-state index in [-0.39, 0.29) is 28.0 Å². The SMILES string of the molecule is Cc1ccc(N(C(=O)c2snc(C(=O)NC3CCCCC3)c2N)C(C(=O)NCCc2ccccc2)c2ccc(O)cc2)c(C)c1. The molecule has 1 atom stereocenters. The van der Waals surface area contributed by atoms with Crippen LogP contribution in [0.1, 0.15) is 80.6 Å². The number of aromatic nitrogens is 1. The average Bonchev–Trinajstić information content (AvgIpc) is 3.43. The topological polar surface area (TPSA) is 138 Å². The van der Waals surface area contributed by atoms with Crippen LogP contribution in [0.3, 0.4) is 0 Å². The summed E-state index contributed by atoms with van der Waals surface area (Å²) in [5.41, 5.74) is 10.3. The molecule has 5 N–H and O–H groups in total. The number of nitrogens with one attached hydrogen (secondary N) is 2. The number of aromatic hydroxyl groups is 1. The van der Waals surface area contributed by atoms with Crippen molar-refractivity contribution < 1.29 is 19.5 Å². The van der Waals surface area contributed by atoms with Crippen LogP contribution in [0.5, 0.6) is 5.75 Å². The van der Waals surface area contributed by atoms with Crippen LogP contribution in [0.25, 0.3) is 0 Å². The Morgan fingerprint density at radius 1 is 1.00 bits per heavy atom. The molecule has 1 unspecified atom stereocenters. The third kappa shape index (κ3) is 7.51. The van der Waals surface area contributed by atoms with Crippen LogP contribution in [0.2, 0.25) is 0 Å². The normalized spacial score (nSPS) is 14.0. The third-order valence-electron chi connectivity index (χ3n) is 8.18. The predicted octanol–water partition coefficient (Wildman–Crippen LogP) is 5.86. The first-order valence-electron chi connectivity index (χ1n) is 15.3. The molecule has 45 heavy (non-hydrogen) atoms. The first-order valence-corrected chi connectivity index (χ1v) is 16.1. The van der Waals surface area contributed by atoms with Crippen molar-refractivity contribution in [2.24, 2.45) is 0 Å². The molecule has 1 aliphatic rings. The van der Waals surface area contributed by atoms with Crippen molar-refractivity contribution in [3.8, 4) is 5.75 Å². The molecule has 234 valence electrons. The highest BCUT2D eigenvalue weighted by atomic mass is 32.1. The van der Waals surface area contributed by atoms with Crippen LogP contribution < -0.4 is 21.3 Å². The minimum Gasteiger partial charge on any atom is -0.508 e. The van der Waals surface area contributed by atoms with E-state index in [4.69, 9.17) is 5.73 Å². The van der Waals surface area contributed by atoms with Gasteiger partial charge in [0.1, 0.15) is 16.7 Å². The number of amides is 3. The van der Waals surface area contributed by atoms with E-state index in [1.807, 2.05) is 56.3 Å². The van der Waals surface area contributed by atoms with Crippen molar-refractivity contribution in [3.05, 3.63) is 106 Å². The fraction of sp³-hybridized carbons (Fsp3) is 0.314. The highest BCUT2D eigenvalue weighted by molar-refractivity contribution is 7.09. The summed E-state index contributed by atoms with van der Waals surface area (Å²) in [6, 6.07) is 20.6. The predicted molar refractivity (Wildman–Crippen MR) is 178 cm³/mol. The van der Waals surface area contributed by atoms with E-state index >= 15 is 0 Å². The maximum absolute atomic E-state index is 14.6. The second-order valence-corrected chi connectivity index (χ2v) is 12.3. The lowest BCUT2D eigenvalue weighted by Gasteiger charge is -2.32. The highest BCUT2D eigenvalue weighted by Crippen LogP contribution is 2.35. The number of aryl methyl sites for hydroxylation is 2. The van der Waals surface area contributed by atoms with Gasteiger partial charge in [-0.05, 0) is 79.5 Å². The van der Waals surface area contributed by atoms with Gasteiger partial charge in [-0.25, -0.2) is 0 Å². The largest absolute Gasteiger partial charge is 0.508 e. The summed E-state index contributed by atoms with van der Waals surface area (Å²) in [5, 5.41) is 16.1. The fourth-order valence-corrected chi connectivity index (χ4v) is 6.55. The van der Waals surface area contributed by atoms with Crippen molar-refractivity contribution in [2.45, 2.75) is 64.5 Å². The molecule has 3 aromatic carbocycles. The first kappa shape index (κ1) is 31.7. The summed E-state index contributed by atoms with van der Waals surface area (Å²) in [5.74, 6) is -1.32. The number of rotatable bonds is 10. The number of benzene rings is 3. The highest BCUT2D eigenvalue weighted by Gasteiger charge is 2.37. The summed E-state index contributed by atoms with van der Waals surface area (Å²) >= 11 is 0.850. The summed E-state index contributed by atoms with van der Waals surface area (Å²) in [6.07, 6.45) is 5.66. The zero-order valence-electron chi connectivity index (χ0n) is 25.6. The van der Waals surface area contributed by atoms with Gasteiger partial charge >= 0.3 is 0 Å². The Labute approximate surface area is 267 Å². The van der Waals surface area contributed by atoms with Gasteiger partial charge in [0, 0.05) is 18.3 Å². The van der Waals surface area contributed by atoms with Crippen LogP contribution in [0, 0.1) is 13.8 Å². The Balaban J connectivity index is 1.52. The second-order valence-electron chi connectivity index (χ2n) is 11.6. The molecule has 4 aromatic rings. The molecular weight excluding hydrogens is 586 g/mol. The van der Waals surface area contributed by atoms with E-state index in [9.17, 15) is 19.5 Å². The number of carbonyl (C=O) groups excluding carboxylic acids is 3. The smallest absolute Gasteiger partial charge is 0.273 e. The summed E-state index contributed by atoms with van der Waals surface area (Å²) in [6.45, 7) is 4.18. The van der Waals surface area contributed by atoms with E-state index in [1.165, 1.54) is 17.0 Å². The van der Waals surface area contributed by atoms with Crippen LogP contribution in [-0.4, -0.2) is 39.8 Å². The van der Waals surface area contributed by atoms with Gasteiger partial charge in [0.05, 0.1) is 5.69 Å². The first-order chi connectivity index (χ1) is 21.7. The maximum atomic E-state index is 14.6. The minimum absolute atomic E-state index is 0.0120. The quantitative estimate of drug-likeness (QED) is 0.174. The van der Waals surface area contributed by atoms with E-state index < -0.39 is 23.8 Å². The third-order valence-corrected chi connectivity index (χ3v) is 9.03. The lowest BCUT2D eigenvalue weighted by atomic mass is 9.95. The van der Waals surface area contributed by atoms with Crippen molar-refractivity contribution in [2.75, 3.05) is 17.2 Å². The molecule has 1 saturated carbocycles. The number of nitrogens with two attached hydrogens (primary N) is 1. The van der Waals surface area contributed by atoms with Crippen molar-refractivity contribution >= 4 is 40.6 Å². The van der Waals surface area contributed by atoms with E-state index in [1.54, 1.807) is 18.2 Å². The zero-order chi connectivity index (χ0) is 31.9. The number of nitrogens with zero attached hydrogens (tertiary/aromatic N) is 2. The fourth-order valence-electron chi connectivity index (χ4n) is 5.81. The van der Waals surface area contributed by atoms with Gasteiger partial charge in [-0.3, -0.25) is 19.3 Å². The lowest BCUT2D eigenvalue weighted by Crippen LogP contribution is -2.44. The molecule has 0 saturated heterocycles. The standard InChI is InChI=1S/C35H39N5O4S/c1-22-13-18-28(23(2)21-22)40(35(44)32-29(36)30(39-45-32)33(42)38-26-11-7-4-8-12-26)31(25-14-16-27(41)17-15-25)34(43)37-20-19-24-9-5-3-6-10-24/h3,5-6,9-10,13-18,21,26,31,41H,4,7-8,11-12,19-20,36H2,1-2H3,(H,37,43)(H,38,42). The molecule has 10 heteroatoms. The van der Waals surface area contributed by atoms with Crippen molar-refractivity contribution in [1.82, 2.24) is 15.0 Å². The minimum atomic E-state index is -1.11. The number of phenols is 1. The summed E-state index contributed by atoms with van der Waals surface area (Å²) in [4.78, 5) is 43.3. The van der Waals surface area contributed by atoms with E-state index in [2.05, 4.69) is 15.0 Å². The van der Waals surface area contributed by atoms with E-state index in [0.717, 1.165) is 60.3 Å². The molecule has 1 fully saturated rings. The number of phenolic OH excluding ortho intramolecular Hbond substituents is 1. The lowest BCUT2D eigenvalue weighted by molar-refractivity contribution is -0.122. The Kier molecular flexibility index (Phi) is 10.1. The number of nitrogen functional groups attached to an aromatic ring is 1. The monoisotopic (exact) mass is 625 g/mol. The Morgan fingerprint density at radius 2 is 1.71 bits per heavy atom. The molecule has 5 rings (SSSR count). The molecule has 0 spiro atoms. The molecule has 1 aromatic heterocycles. The van der Waals surface area contributed by atoms with Crippen LogP contribution in [0.15, 0.2) is 72.8 Å². The molecule has 1 aliphatic carbocycles. The van der Waals surface area contributed by atoms with Gasteiger partial charge in [-0.15, -0.1) is 0 Å². The van der Waals surface area contributed by atoms with Gasteiger partial charge in [0.25, 0.3) is 11.8 Å². The van der Waals surface area contributed by atoms with Gasteiger partial charge in [0.15, 0.2) is 5.69 Å². The Hall–Kier alpha value is -4.70. The number of hydrogen-bond acceptors (Lipinski definition) is 7. The number of anilines is 2. The van der Waals surface area contributed by atoms with E-state index in [0.29, 0.717) is 24.2 Å². The molecule has 1 heterocycles. The van der Waals surface area contributed by atoms with Crippen LogP contribution in [0.4, 0.5) is 11.4 Å². The number of carbonyl (C=O) groups is 3. The molecule has 0 radical (unpaired) electrons. The second kappa shape index (κ2) is 14.4. The zero-order valence-corrected chi connectivity index (χ0v) is 26.4. The summed E-state index contributed by atoms with van der Waals surface area (Å²) in [7, 11) is 0. The number of hydrogen-bond donors (Lipinski definition) is 4. The molecular formula is C35H39N5O4S. The van der Waals surface area contributed by atoms with Gasteiger partial charge in [-0.1, -0.05) is 79.4 Å².